The Bertz CT molecular complexity index is 861. The van der Waals surface area contributed by atoms with Gasteiger partial charge < -0.3 is 15.2 Å². The van der Waals surface area contributed by atoms with Gasteiger partial charge in [0.2, 0.25) is 5.91 Å². The highest BCUT2D eigenvalue weighted by Gasteiger charge is 2.63. The first-order chi connectivity index (χ1) is 15.6. The van der Waals surface area contributed by atoms with Crippen LogP contribution in [0.1, 0.15) is 92.4 Å². The van der Waals surface area contributed by atoms with Crippen LogP contribution in [0.4, 0.5) is 0 Å². The van der Waals surface area contributed by atoms with Crippen molar-refractivity contribution < 1.29 is 14.6 Å². The van der Waals surface area contributed by atoms with Crippen LogP contribution in [-0.4, -0.2) is 29.8 Å². The Labute approximate surface area is 200 Å². The number of fused-ring (bicyclic) bond motifs is 7. The van der Waals surface area contributed by atoms with Gasteiger partial charge in [0.15, 0.2) is 0 Å². The van der Waals surface area contributed by atoms with Crippen LogP contribution in [0.25, 0.3) is 0 Å². The van der Waals surface area contributed by atoms with Gasteiger partial charge in [0.1, 0.15) is 6.10 Å². The number of allylic oxidation sites excluding steroid dienone is 2. The molecule has 1 aliphatic heterocycles. The number of aliphatic hydroxyl groups is 1. The first-order valence-corrected chi connectivity index (χ1v) is 13.6. The van der Waals surface area contributed by atoms with Gasteiger partial charge in [0.25, 0.3) is 0 Å². The average molecular weight is 456 g/mol. The zero-order chi connectivity index (χ0) is 23.5. The quantitative estimate of drug-likeness (QED) is 0.518. The minimum atomic E-state index is -0.124. The lowest BCUT2D eigenvalue weighted by Gasteiger charge is -2.57. The molecule has 9 atom stereocenters. The molecule has 2 N–H and O–H groups in total. The van der Waals surface area contributed by atoms with E-state index in [4.69, 9.17) is 4.74 Å². The van der Waals surface area contributed by atoms with Crippen molar-refractivity contribution in [1.82, 2.24) is 5.32 Å². The predicted octanol–water partition coefficient (Wildman–Crippen LogP) is 5.76. The molecule has 3 fully saturated rings. The predicted molar refractivity (Wildman–Crippen MR) is 131 cm³/mol. The van der Waals surface area contributed by atoms with Gasteiger partial charge in [-0.3, -0.25) is 4.79 Å². The third-order valence-electron chi connectivity index (χ3n) is 10.8. The maximum Gasteiger partial charge on any atom is 0.216 e. The van der Waals surface area contributed by atoms with Crippen LogP contribution < -0.4 is 5.32 Å². The fourth-order valence-corrected chi connectivity index (χ4v) is 9.02. The molecular formula is C29H45NO3. The Balaban J connectivity index is 1.30. The van der Waals surface area contributed by atoms with Gasteiger partial charge in [0.05, 0.1) is 11.9 Å². The molecule has 0 aromatic carbocycles. The molecule has 0 aromatic rings. The second kappa shape index (κ2) is 8.43. The third kappa shape index (κ3) is 3.79. The summed E-state index contributed by atoms with van der Waals surface area (Å²) in [7, 11) is 0. The van der Waals surface area contributed by atoms with Crippen LogP contribution in [0.3, 0.4) is 0 Å². The molecule has 4 heteroatoms. The molecule has 1 heterocycles. The lowest BCUT2D eigenvalue weighted by molar-refractivity contribution is -0.119. The average Bonchev–Trinajstić information content (AvgIpc) is 3.24. The summed E-state index contributed by atoms with van der Waals surface area (Å²) in [5.41, 5.74) is 3.75. The van der Waals surface area contributed by atoms with Gasteiger partial charge in [0, 0.05) is 25.8 Å². The van der Waals surface area contributed by atoms with Crippen molar-refractivity contribution in [2.45, 2.75) is 105 Å². The third-order valence-corrected chi connectivity index (χ3v) is 10.8. The summed E-state index contributed by atoms with van der Waals surface area (Å²) in [6.07, 6.45) is 13.0. The maximum atomic E-state index is 11.2. The van der Waals surface area contributed by atoms with Crippen LogP contribution in [0.2, 0.25) is 0 Å². The van der Waals surface area contributed by atoms with Crippen LogP contribution in [0.15, 0.2) is 23.0 Å². The van der Waals surface area contributed by atoms with Crippen molar-refractivity contribution in [2.75, 3.05) is 6.54 Å². The maximum absolute atomic E-state index is 11.2. The summed E-state index contributed by atoms with van der Waals surface area (Å²) in [6.45, 7) is 12.0. The normalized spacial score (nSPS) is 44.7. The second-order valence-corrected chi connectivity index (χ2v) is 12.8. The fourth-order valence-electron chi connectivity index (χ4n) is 9.02. The summed E-state index contributed by atoms with van der Waals surface area (Å²) >= 11 is 0. The largest absolute Gasteiger partial charge is 0.494 e. The number of hydrogen-bond donors (Lipinski definition) is 2. The number of nitrogens with one attached hydrogen (secondary N) is 1. The van der Waals surface area contributed by atoms with Crippen LogP contribution >= 0.6 is 0 Å². The molecule has 184 valence electrons. The minimum Gasteiger partial charge on any atom is -0.494 e. The van der Waals surface area contributed by atoms with E-state index in [1.54, 1.807) is 12.5 Å². The topological polar surface area (TPSA) is 58.6 Å². The van der Waals surface area contributed by atoms with E-state index in [-0.39, 0.29) is 12.0 Å². The van der Waals surface area contributed by atoms with Crippen molar-refractivity contribution in [3.63, 3.8) is 0 Å². The lowest BCUT2D eigenvalue weighted by Crippen LogP contribution is -2.50. The van der Waals surface area contributed by atoms with Gasteiger partial charge in [-0.15, -0.1) is 0 Å². The van der Waals surface area contributed by atoms with Gasteiger partial charge in [-0.05, 0) is 98.4 Å². The molecule has 3 saturated carbocycles. The van der Waals surface area contributed by atoms with Crippen LogP contribution in [0, 0.1) is 40.4 Å². The molecule has 0 radical (unpaired) electrons. The number of ether oxygens (including phenoxy) is 1. The smallest absolute Gasteiger partial charge is 0.216 e. The number of amides is 1. The lowest BCUT2D eigenvalue weighted by atomic mass is 9.47. The highest BCUT2D eigenvalue weighted by Crippen LogP contribution is 2.68. The second-order valence-electron chi connectivity index (χ2n) is 12.8. The van der Waals surface area contributed by atoms with Gasteiger partial charge >= 0.3 is 0 Å². The van der Waals surface area contributed by atoms with Crippen molar-refractivity contribution >= 4 is 5.91 Å². The monoisotopic (exact) mass is 455 g/mol. The number of aliphatic hydroxyl groups excluding tert-OH is 1. The molecular weight excluding hydrogens is 410 g/mol. The summed E-state index contributed by atoms with van der Waals surface area (Å²) in [6, 6.07) is 0. The van der Waals surface area contributed by atoms with E-state index in [0.717, 1.165) is 56.4 Å². The molecule has 4 nitrogen and oxygen atoms in total. The van der Waals surface area contributed by atoms with Gasteiger partial charge in [-0.2, -0.15) is 0 Å². The van der Waals surface area contributed by atoms with E-state index in [0.29, 0.717) is 28.8 Å². The van der Waals surface area contributed by atoms with E-state index >= 15 is 0 Å². The molecule has 0 spiro atoms. The summed E-state index contributed by atoms with van der Waals surface area (Å²) in [5, 5.41) is 13.2. The molecule has 4 aliphatic carbocycles. The molecule has 5 aliphatic rings. The standard InChI is InChI=1S/C29H45NO3/c1-17(16-30-19(3)31)6-9-25-18(2)27-26(33-25)15-24-22-8-7-20-14-21(32)10-12-28(20,4)23(22)11-13-29(24,27)5/h7,17,21-24,26-27,32H,6,8-16H2,1-5H3,(H,30,31)/t17-,21+,22+,23-,24-,26+,27-,28+,29+/m1/s1. The summed E-state index contributed by atoms with van der Waals surface area (Å²) in [4.78, 5) is 11.2. The Morgan fingerprint density at radius 3 is 2.82 bits per heavy atom. The molecule has 0 bridgehead atoms. The van der Waals surface area contributed by atoms with Crippen molar-refractivity contribution in [2.24, 2.45) is 40.4 Å². The number of rotatable bonds is 5. The highest BCUT2D eigenvalue weighted by atomic mass is 16.5. The molecule has 0 unspecified atom stereocenters. The molecule has 5 rings (SSSR count). The first-order valence-electron chi connectivity index (χ1n) is 13.6. The SMILES string of the molecule is CC(=O)NC[C@H](C)CCC1=C(C)[C@@H]2[C@H](C[C@@H]3[C@H]4CC=C5C[C@@H](O)CC[C@]5(C)[C@@H]4CC[C@@]32C)O1. The van der Waals surface area contributed by atoms with Gasteiger partial charge in [-0.25, -0.2) is 0 Å². The summed E-state index contributed by atoms with van der Waals surface area (Å²) < 4.78 is 6.70. The Morgan fingerprint density at radius 2 is 2.06 bits per heavy atom. The number of hydrogen-bond acceptors (Lipinski definition) is 3. The molecule has 0 saturated heterocycles. The van der Waals surface area contributed by atoms with E-state index < -0.39 is 0 Å². The van der Waals surface area contributed by atoms with E-state index in [1.807, 2.05) is 0 Å². The van der Waals surface area contributed by atoms with Crippen LogP contribution in [-0.2, 0) is 9.53 Å². The van der Waals surface area contributed by atoms with E-state index in [1.165, 1.54) is 37.0 Å². The van der Waals surface area contributed by atoms with Crippen molar-refractivity contribution in [1.29, 1.82) is 0 Å². The summed E-state index contributed by atoms with van der Waals surface area (Å²) in [5.74, 6) is 4.66. The zero-order valence-electron chi connectivity index (χ0n) is 21.5. The Hall–Kier alpha value is -1.29. The highest BCUT2D eigenvalue weighted by molar-refractivity contribution is 5.72. The van der Waals surface area contributed by atoms with Crippen LogP contribution in [0.5, 0.6) is 0 Å². The van der Waals surface area contributed by atoms with E-state index in [9.17, 15) is 9.90 Å². The van der Waals surface area contributed by atoms with Crippen molar-refractivity contribution in [3.8, 4) is 0 Å². The molecule has 1 amide bonds. The Kier molecular flexibility index (Phi) is 5.99. The minimum absolute atomic E-state index is 0.0569. The fraction of sp³-hybridized carbons (Fsp3) is 0.828. The number of carbonyl (C=O) groups is 1. The first kappa shape index (κ1) is 23.5. The van der Waals surface area contributed by atoms with Crippen molar-refractivity contribution in [3.05, 3.63) is 23.0 Å². The molecule has 0 aromatic heterocycles. The molecule has 33 heavy (non-hydrogen) atoms. The Morgan fingerprint density at radius 1 is 1.27 bits per heavy atom. The zero-order valence-corrected chi connectivity index (χ0v) is 21.5. The van der Waals surface area contributed by atoms with Gasteiger partial charge in [-0.1, -0.05) is 32.4 Å². The number of carbonyl (C=O) groups excluding carboxylic acids is 1. The van der Waals surface area contributed by atoms with E-state index in [2.05, 4.69) is 39.1 Å².